The fourth-order valence-corrected chi connectivity index (χ4v) is 2.36. The monoisotopic (exact) mass is 322 g/mol. The molecule has 1 aromatic rings. The van der Waals surface area contributed by atoms with Crippen LogP contribution in [0.5, 0.6) is 0 Å². The van der Waals surface area contributed by atoms with E-state index in [0.717, 1.165) is 23.5 Å². The summed E-state index contributed by atoms with van der Waals surface area (Å²) in [5.74, 6) is 0. The molecule has 4 N–H and O–H groups in total. The van der Waals surface area contributed by atoms with Crippen molar-refractivity contribution in [2.45, 2.75) is 24.5 Å². The number of aromatic nitrogens is 2. The largest absolute Gasteiger partial charge is 0.387 e. The van der Waals surface area contributed by atoms with Crippen LogP contribution in [-0.2, 0) is 13.8 Å². The number of aliphatic hydroxyl groups is 2. The molecule has 5 atom stereocenters. The quantitative estimate of drug-likeness (QED) is 0.464. The van der Waals surface area contributed by atoms with Gasteiger partial charge in [-0.25, -0.2) is 4.79 Å². The molecule has 0 amide bonds. The summed E-state index contributed by atoms with van der Waals surface area (Å²) in [6.45, 7) is 0.534. The molecule has 0 saturated carbocycles. The summed E-state index contributed by atoms with van der Waals surface area (Å²) < 4.78 is 21.9. The topological polar surface area (TPSA) is 151 Å². The lowest BCUT2D eigenvalue weighted by Crippen LogP contribution is -2.37. The summed E-state index contributed by atoms with van der Waals surface area (Å²) >= 11 is 0. The molecule has 21 heavy (non-hydrogen) atoms. The highest BCUT2D eigenvalue weighted by atomic mass is 31.2. The van der Waals surface area contributed by atoms with Gasteiger partial charge in [-0.2, -0.15) is 0 Å². The molecule has 0 aliphatic carbocycles. The first-order valence-electron chi connectivity index (χ1n) is 5.97. The Hall–Kier alpha value is -1.29. The lowest BCUT2D eigenvalue weighted by Gasteiger charge is -2.16. The van der Waals surface area contributed by atoms with Crippen molar-refractivity contribution in [3.8, 4) is 0 Å². The average molecular weight is 322 g/mol. The number of H-pyrrole nitrogens is 1. The first-order chi connectivity index (χ1) is 9.69. The molecule has 2 heterocycles. The maximum atomic E-state index is 11.6. The van der Waals surface area contributed by atoms with E-state index in [0.29, 0.717) is 0 Å². The number of hydrogen-bond acceptors (Lipinski definition) is 7. The molecule has 118 valence electrons. The van der Waals surface area contributed by atoms with E-state index in [9.17, 15) is 24.4 Å². The molecule has 1 aliphatic heterocycles. The SMILES string of the molecule is CP(=O)(O)OC[C@H]1O[C@@H](n2ccc(=O)[nH]c2=O)C(O)C1O. The molecule has 3 unspecified atom stereocenters. The van der Waals surface area contributed by atoms with Crippen LogP contribution >= 0.6 is 7.60 Å². The number of aromatic amines is 1. The third-order valence-electron chi connectivity index (χ3n) is 2.94. The van der Waals surface area contributed by atoms with Crippen molar-refractivity contribution >= 4 is 7.60 Å². The van der Waals surface area contributed by atoms with Crippen LogP contribution in [0.25, 0.3) is 0 Å². The highest BCUT2D eigenvalue weighted by molar-refractivity contribution is 7.51. The Kier molecular flexibility index (Phi) is 4.47. The first-order valence-corrected chi connectivity index (χ1v) is 7.99. The van der Waals surface area contributed by atoms with Gasteiger partial charge in [-0.1, -0.05) is 0 Å². The lowest BCUT2D eigenvalue weighted by atomic mass is 10.1. The third kappa shape index (κ3) is 3.67. The Labute approximate surface area is 118 Å². The highest BCUT2D eigenvalue weighted by Crippen LogP contribution is 2.38. The van der Waals surface area contributed by atoms with E-state index in [-0.39, 0.29) is 0 Å². The van der Waals surface area contributed by atoms with E-state index >= 15 is 0 Å². The van der Waals surface area contributed by atoms with Crippen LogP contribution in [0.4, 0.5) is 0 Å². The van der Waals surface area contributed by atoms with Crippen LogP contribution in [0.3, 0.4) is 0 Å². The van der Waals surface area contributed by atoms with E-state index in [1.54, 1.807) is 0 Å². The van der Waals surface area contributed by atoms with Gasteiger partial charge in [0.1, 0.15) is 18.3 Å². The van der Waals surface area contributed by atoms with Crippen LogP contribution in [0.2, 0.25) is 0 Å². The minimum atomic E-state index is -3.76. The predicted octanol–water partition coefficient (Wildman–Crippen LogP) is -2.01. The summed E-state index contributed by atoms with van der Waals surface area (Å²) in [6.07, 6.45) is -4.10. The average Bonchev–Trinajstić information content (AvgIpc) is 2.64. The molecular weight excluding hydrogens is 307 g/mol. The minimum Gasteiger partial charge on any atom is -0.387 e. The van der Waals surface area contributed by atoms with Crippen molar-refractivity contribution in [2.75, 3.05) is 13.3 Å². The number of aliphatic hydroxyl groups excluding tert-OH is 2. The normalized spacial score (nSPS) is 32.0. The highest BCUT2D eigenvalue weighted by Gasteiger charge is 2.44. The van der Waals surface area contributed by atoms with Crippen LogP contribution in [0.15, 0.2) is 21.9 Å². The van der Waals surface area contributed by atoms with Gasteiger partial charge in [0.15, 0.2) is 6.23 Å². The van der Waals surface area contributed by atoms with E-state index in [4.69, 9.17) is 9.63 Å². The van der Waals surface area contributed by atoms with Crippen molar-refractivity contribution in [3.63, 3.8) is 0 Å². The van der Waals surface area contributed by atoms with Gasteiger partial charge in [-0.3, -0.25) is 18.9 Å². The fourth-order valence-electron chi connectivity index (χ4n) is 1.94. The van der Waals surface area contributed by atoms with Crippen molar-refractivity contribution < 1.29 is 28.9 Å². The number of nitrogens with one attached hydrogen (secondary N) is 1. The molecule has 1 saturated heterocycles. The molecule has 0 bridgehead atoms. The molecule has 1 aliphatic rings. The van der Waals surface area contributed by atoms with Crippen molar-refractivity contribution in [2.24, 2.45) is 0 Å². The summed E-state index contributed by atoms with van der Waals surface area (Å²) in [5, 5.41) is 19.7. The van der Waals surface area contributed by atoms with Gasteiger partial charge in [0.25, 0.3) is 5.56 Å². The van der Waals surface area contributed by atoms with Crippen LogP contribution in [0.1, 0.15) is 6.23 Å². The second-order valence-corrected chi connectivity index (χ2v) is 6.53. The lowest BCUT2D eigenvalue weighted by molar-refractivity contribution is -0.0523. The molecule has 0 aromatic carbocycles. The second-order valence-electron chi connectivity index (χ2n) is 4.66. The molecule has 1 aromatic heterocycles. The Bertz CT molecular complexity index is 664. The van der Waals surface area contributed by atoms with Crippen molar-refractivity contribution in [3.05, 3.63) is 33.1 Å². The smallest absolute Gasteiger partial charge is 0.330 e. The molecule has 1 fully saturated rings. The zero-order valence-corrected chi connectivity index (χ0v) is 11.8. The number of ether oxygens (including phenoxy) is 1. The van der Waals surface area contributed by atoms with Crippen LogP contribution < -0.4 is 11.2 Å². The Morgan fingerprint density at radius 1 is 1.43 bits per heavy atom. The summed E-state index contributed by atoms with van der Waals surface area (Å²) in [5.41, 5.74) is -1.43. The molecule has 0 spiro atoms. The molecular formula is C10H15N2O8P. The maximum absolute atomic E-state index is 11.6. The fraction of sp³-hybridized carbons (Fsp3) is 0.600. The third-order valence-corrected chi connectivity index (χ3v) is 3.57. The zero-order valence-electron chi connectivity index (χ0n) is 10.9. The van der Waals surface area contributed by atoms with Crippen molar-refractivity contribution in [1.29, 1.82) is 0 Å². The van der Waals surface area contributed by atoms with Gasteiger partial charge < -0.3 is 24.4 Å². The van der Waals surface area contributed by atoms with E-state index in [1.807, 2.05) is 4.98 Å². The Morgan fingerprint density at radius 3 is 2.67 bits per heavy atom. The second kappa shape index (κ2) is 5.84. The number of rotatable bonds is 4. The molecule has 0 radical (unpaired) electrons. The minimum absolute atomic E-state index is 0.433. The summed E-state index contributed by atoms with van der Waals surface area (Å²) in [7, 11) is -3.76. The van der Waals surface area contributed by atoms with E-state index < -0.39 is 50.0 Å². The van der Waals surface area contributed by atoms with Crippen molar-refractivity contribution in [1.82, 2.24) is 9.55 Å². The molecule has 10 nitrogen and oxygen atoms in total. The number of hydrogen-bond donors (Lipinski definition) is 4. The summed E-state index contributed by atoms with van der Waals surface area (Å²) in [4.78, 5) is 33.6. The van der Waals surface area contributed by atoms with Gasteiger partial charge in [0.05, 0.1) is 6.61 Å². The Morgan fingerprint density at radius 2 is 2.10 bits per heavy atom. The number of nitrogens with zero attached hydrogens (tertiary/aromatic N) is 1. The van der Waals surface area contributed by atoms with Gasteiger partial charge in [0, 0.05) is 18.9 Å². The van der Waals surface area contributed by atoms with E-state index in [1.165, 1.54) is 0 Å². The maximum Gasteiger partial charge on any atom is 0.330 e. The van der Waals surface area contributed by atoms with Crippen LogP contribution in [0, 0.1) is 0 Å². The van der Waals surface area contributed by atoms with Gasteiger partial charge >= 0.3 is 13.3 Å². The van der Waals surface area contributed by atoms with Gasteiger partial charge in [0.2, 0.25) is 0 Å². The predicted molar refractivity (Wildman–Crippen MR) is 68.9 cm³/mol. The standard InChI is InChI=1S/C10H15N2O8P/c1-21(17,18)19-4-5-7(14)8(15)9(20-5)12-3-2-6(13)11-10(12)16/h2-3,5,7-9,14-15H,4H2,1H3,(H,17,18)(H,11,13,16)/t5-,7?,8?,9-/m1/s1. The molecule has 2 rings (SSSR count). The summed E-state index contributed by atoms with van der Waals surface area (Å²) in [6, 6.07) is 1.06. The van der Waals surface area contributed by atoms with Crippen LogP contribution in [-0.4, -0.2) is 56.2 Å². The first kappa shape index (κ1) is 16.1. The Balaban J connectivity index is 2.18. The molecule has 11 heteroatoms. The zero-order chi connectivity index (χ0) is 15.8. The van der Waals surface area contributed by atoms with E-state index in [2.05, 4.69) is 4.52 Å². The van der Waals surface area contributed by atoms with Gasteiger partial charge in [-0.05, 0) is 0 Å². The van der Waals surface area contributed by atoms with Gasteiger partial charge in [-0.15, -0.1) is 0 Å².